The van der Waals surface area contributed by atoms with Gasteiger partial charge in [0.1, 0.15) is 11.6 Å². The number of H-pyrrole nitrogens is 1. The van der Waals surface area contributed by atoms with Crippen LogP contribution in [0.25, 0.3) is 10.9 Å². The third-order valence-corrected chi connectivity index (χ3v) is 4.20. The van der Waals surface area contributed by atoms with Gasteiger partial charge in [-0.25, -0.2) is 4.98 Å². The maximum atomic E-state index is 12.2. The first kappa shape index (κ1) is 19.7. The molecule has 9 heteroatoms. The van der Waals surface area contributed by atoms with Crippen LogP contribution < -0.4 is 10.9 Å². The minimum atomic E-state index is -0.175. The summed E-state index contributed by atoms with van der Waals surface area (Å²) in [5, 5.41) is 7.00. The predicted molar refractivity (Wildman–Crippen MR) is 104 cm³/mol. The van der Waals surface area contributed by atoms with Gasteiger partial charge in [0.05, 0.1) is 24.1 Å². The molecule has 1 amide bonds. The second kappa shape index (κ2) is 9.25. The molecule has 1 aromatic carbocycles. The fourth-order valence-corrected chi connectivity index (χ4v) is 2.80. The predicted octanol–water partition coefficient (Wildman–Crippen LogP) is 1.70. The topological polar surface area (TPSA) is 113 Å². The maximum Gasteiger partial charge on any atom is 0.258 e. The second-order valence-corrected chi connectivity index (χ2v) is 6.42. The molecule has 2 N–H and O–H groups in total. The minimum absolute atomic E-state index is 0.171. The number of rotatable bonds is 9. The summed E-state index contributed by atoms with van der Waals surface area (Å²) in [7, 11) is 1.62. The first-order chi connectivity index (χ1) is 13.5. The van der Waals surface area contributed by atoms with Gasteiger partial charge in [-0.1, -0.05) is 17.3 Å². The standard InChI is InChI=1S/C19H23N5O4/c1-13-11-16(23-28-13)21-18(25)7-8-24(9-10-27-2)12-17-20-15-6-4-3-5-14(15)19(26)22-17/h3-6,11H,7-10,12H2,1-2H3,(H,20,22,26)(H,21,23,25). The van der Waals surface area contributed by atoms with Crippen molar-refractivity contribution in [3.05, 3.63) is 52.3 Å². The number of carbonyl (C=O) groups excluding carboxylic acids is 1. The molecule has 3 aromatic rings. The Morgan fingerprint density at radius 1 is 1.32 bits per heavy atom. The average molecular weight is 385 g/mol. The molecular weight excluding hydrogens is 362 g/mol. The van der Waals surface area contributed by atoms with Crippen molar-refractivity contribution in [3.63, 3.8) is 0 Å². The van der Waals surface area contributed by atoms with Crippen LogP contribution in [-0.2, 0) is 16.1 Å². The van der Waals surface area contributed by atoms with E-state index in [1.807, 2.05) is 11.0 Å². The van der Waals surface area contributed by atoms with Crippen LogP contribution in [0, 0.1) is 6.92 Å². The molecule has 0 aliphatic rings. The zero-order valence-corrected chi connectivity index (χ0v) is 15.9. The molecular formula is C19H23N5O4. The van der Waals surface area contributed by atoms with E-state index < -0.39 is 0 Å². The van der Waals surface area contributed by atoms with Gasteiger partial charge in [0, 0.05) is 32.7 Å². The Kier molecular flexibility index (Phi) is 6.51. The molecule has 0 radical (unpaired) electrons. The van der Waals surface area contributed by atoms with E-state index in [1.54, 1.807) is 38.3 Å². The summed E-state index contributed by atoms with van der Waals surface area (Å²) in [6.07, 6.45) is 0.257. The van der Waals surface area contributed by atoms with E-state index in [1.165, 1.54) is 0 Å². The molecule has 0 aliphatic carbocycles. The van der Waals surface area contributed by atoms with E-state index in [0.717, 1.165) is 0 Å². The molecule has 148 valence electrons. The molecule has 28 heavy (non-hydrogen) atoms. The molecule has 0 aliphatic heterocycles. The van der Waals surface area contributed by atoms with Gasteiger partial charge in [-0.05, 0) is 19.1 Å². The van der Waals surface area contributed by atoms with Crippen LogP contribution in [-0.4, -0.2) is 52.7 Å². The first-order valence-electron chi connectivity index (χ1n) is 8.97. The lowest BCUT2D eigenvalue weighted by Crippen LogP contribution is -2.32. The van der Waals surface area contributed by atoms with E-state index in [2.05, 4.69) is 20.4 Å². The zero-order valence-electron chi connectivity index (χ0n) is 15.9. The van der Waals surface area contributed by atoms with Crippen molar-refractivity contribution in [1.82, 2.24) is 20.0 Å². The number of hydrogen-bond donors (Lipinski definition) is 2. The van der Waals surface area contributed by atoms with Crippen molar-refractivity contribution >= 4 is 22.6 Å². The highest BCUT2D eigenvalue weighted by Crippen LogP contribution is 2.09. The van der Waals surface area contributed by atoms with Crippen molar-refractivity contribution in [2.45, 2.75) is 19.9 Å². The molecule has 0 saturated carbocycles. The summed E-state index contributed by atoms with van der Waals surface area (Å²) in [5.74, 6) is 1.40. The molecule has 0 spiro atoms. The Bertz CT molecular complexity index is 997. The Labute approximate surface area is 161 Å². The van der Waals surface area contributed by atoms with Crippen LogP contribution in [0.2, 0.25) is 0 Å². The largest absolute Gasteiger partial charge is 0.383 e. The number of benzene rings is 1. The van der Waals surface area contributed by atoms with Crippen LogP contribution in [0.4, 0.5) is 5.82 Å². The van der Waals surface area contributed by atoms with E-state index >= 15 is 0 Å². The minimum Gasteiger partial charge on any atom is -0.383 e. The van der Waals surface area contributed by atoms with Crippen LogP contribution in [0.15, 0.2) is 39.6 Å². The third-order valence-electron chi connectivity index (χ3n) is 4.20. The van der Waals surface area contributed by atoms with E-state index in [4.69, 9.17) is 9.26 Å². The van der Waals surface area contributed by atoms with Crippen molar-refractivity contribution in [2.24, 2.45) is 0 Å². The Hall–Kier alpha value is -3.04. The average Bonchev–Trinajstić information content (AvgIpc) is 3.08. The Morgan fingerprint density at radius 2 is 2.14 bits per heavy atom. The first-order valence-corrected chi connectivity index (χ1v) is 8.97. The molecule has 0 bridgehead atoms. The highest BCUT2D eigenvalue weighted by atomic mass is 16.5. The molecule has 2 heterocycles. The third kappa shape index (κ3) is 5.24. The lowest BCUT2D eigenvalue weighted by atomic mass is 10.2. The molecule has 0 unspecified atom stereocenters. The highest BCUT2D eigenvalue weighted by molar-refractivity contribution is 5.89. The van der Waals surface area contributed by atoms with E-state index in [-0.39, 0.29) is 17.9 Å². The molecule has 0 saturated heterocycles. The van der Waals surface area contributed by atoms with E-state index in [9.17, 15) is 9.59 Å². The highest BCUT2D eigenvalue weighted by Gasteiger charge is 2.13. The fourth-order valence-electron chi connectivity index (χ4n) is 2.80. The number of aryl methyl sites for hydroxylation is 1. The number of amides is 1. The number of aromatic nitrogens is 3. The molecule has 9 nitrogen and oxygen atoms in total. The summed E-state index contributed by atoms with van der Waals surface area (Å²) in [5.41, 5.74) is 0.471. The summed E-state index contributed by atoms with van der Waals surface area (Å²) < 4.78 is 10.1. The van der Waals surface area contributed by atoms with Crippen LogP contribution >= 0.6 is 0 Å². The van der Waals surface area contributed by atoms with Gasteiger partial charge in [-0.3, -0.25) is 14.5 Å². The normalized spacial score (nSPS) is 11.2. The number of hydrogen-bond acceptors (Lipinski definition) is 7. The summed E-state index contributed by atoms with van der Waals surface area (Å²) in [4.78, 5) is 33.7. The van der Waals surface area contributed by atoms with Crippen LogP contribution in [0.5, 0.6) is 0 Å². The van der Waals surface area contributed by atoms with Crippen molar-refractivity contribution in [1.29, 1.82) is 0 Å². The van der Waals surface area contributed by atoms with Crippen LogP contribution in [0.1, 0.15) is 18.0 Å². The zero-order chi connectivity index (χ0) is 19.9. The molecule has 0 fully saturated rings. The molecule has 2 aromatic heterocycles. The number of ether oxygens (including phenoxy) is 1. The monoisotopic (exact) mass is 385 g/mol. The summed E-state index contributed by atoms with van der Waals surface area (Å²) in [6, 6.07) is 8.85. The number of para-hydroxylation sites is 1. The number of methoxy groups -OCH3 is 1. The maximum absolute atomic E-state index is 12.2. The second-order valence-electron chi connectivity index (χ2n) is 6.42. The quantitative estimate of drug-likeness (QED) is 0.576. The van der Waals surface area contributed by atoms with Crippen LogP contribution in [0.3, 0.4) is 0 Å². The fraction of sp³-hybridized carbons (Fsp3) is 0.368. The van der Waals surface area contributed by atoms with Crippen molar-refractivity contribution in [2.75, 3.05) is 32.1 Å². The SMILES string of the molecule is COCCN(CCC(=O)Nc1cc(C)on1)Cc1nc2ccccc2c(=O)[nH]1. The van der Waals surface area contributed by atoms with Gasteiger partial charge < -0.3 is 19.6 Å². The van der Waals surface area contributed by atoms with Gasteiger partial charge in [0.25, 0.3) is 5.56 Å². The van der Waals surface area contributed by atoms with Gasteiger partial charge in [0.15, 0.2) is 5.82 Å². The van der Waals surface area contributed by atoms with Gasteiger partial charge in [0.2, 0.25) is 5.91 Å². The number of nitrogens with zero attached hydrogens (tertiary/aromatic N) is 3. The molecule has 3 rings (SSSR count). The Balaban J connectivity index is 1.64. The van der Waals surface area contributed by atoms with Gasteiger partial charge in [-0.2, -0.15) is 0 Å². The molecule has 0 atom stereocenters. The van der Waals surface area contributed by atoms with Crippen molar-refractivity contribution in [3.8, 4) is 0 Å². The number of fused-ring (bicyclic) bond motifs is 1. The number of aromatic amines is 1. The lowest BCUT2D eigenvalue weighted by molar-refractivity contribution is -0.116. The summed E-state index contributed by atoms with van der Waals surface area (Å²) >= 11 is 0. The number of anilines is 1. The van der Waals surface area contributed by atoms with Gasteiger partial charge in [-0.15, -0.1) is 0 Å². The van der Waals surface area contributed by atoms with E-state index in [0.29, 0.717) is 54.5 Å². The van der Waals surface area contributed by atoms with Crippen molar-refractivity contribution < 1.29 is 14.1 Å². The Morgan fingerprint density at radius 3 is 2.89 bits per heavy atom. The lowest BCUT2D eigenvalue weighted by Gasteiger charge is -2.21. The number of nitrogens with one attached hydrogen (secondary N) is 2. The summed E-state index contributed by atoms with van der Waals surface area (Å²) in [6.45, 7) is 3.74. The smallest absolute Gasteiger partial charge is 0.258 e. The van der Waals surface area contributed by atoms with Gasteiger partial charge >= 0.3 is 0 Å². The number of carbonyl (C=O) groups is 1.